The van der Waals surface area contributed by atoms with Gasteiger partial charge in [-0.1, -0.05) is 36.0 Å². The van der Waals surface area contributed by atoms with Gasteiger partial charge in [-0.15, -0.1) is 0 Å². The molecule has 0 aliphatic heterocycles. The second-order valence-corrected chi connectivity index (χ2v) is 8.19. The maximum absolute atomic E-state index is 13.3. The molecule has 0 aliphatic rings. The normalized spacial score (nSPS) is 11.0. The lowest BCUT2D eigenvalue weighted by molar-refractivity contribution is 0.414. The topological polar surface area (TPSA) is 112 Å². The average Bonchev–Trinajstić information content (AvgIpc) is 2.80. The largest absolute Gasteiger partial charge is 0.497 e. The summed E-state index contributed by atoms with van der Waals surface area (Å²) in [4.78, 5) is 32.6. The van der Waals surface area contributed by atoms with Crippen molar-refractivity contribution in [3.05, 3.63) is 70.3 Å². The van der Waals surface area contributed by atoms with Crippen LogP contribution in [0.5, 0.6) is 5.75 Å². The van der Waals surface area contributed by atoms with Gasteiger partial charge in [0, 0.05) is 14.1 Å². The molecule has 0 bridgehead atoms. The number of methoxy groups -OCH3 is 1. The first-order chi connectivity index (χ1) is 15.4. The summed E-state index contributed by atoms with van der Waals surface area (Å²) < 4.78 is 6.90. The minimum Gasteiger partial charge on any atom is -0.497 e. The van der Waals surface area contributed by atoms with Crippen molar-refractivity contribution in [3.63, 3.8) is 0 Å². The van der Waals surface area contributed by atoms with E-state index >= 15 is 0 Å². The third-order valence-corrected chi connectivity index (χ3v) is 5.72. The van der Waals surface area contributed by atoms with Crippen molar-refractivity contribution >= 4 is 34.6 Å². The van der Waals surface area contributed by atoms with E-state index in [-0.39, 0.29) is 11.5 Å². The first-order valence-corrected chi connectivity index (χ1v) is 10.9. The SMILES string of the molecule is COc1ccc(Cn2c(SCc3nc(N)nc(N(C)C)n3)nc3ccccc3c2=O)cc1. The molecule has 4 rings (SSSR count). The van der Waals surface area contributed by atoms with Crippen LogP contribution < -0.4 is 20.9 Å². The fourth-order valence-electron chi connectivity index (χ4n) is 3.13. The Morgan fingerprint density at radius 3 is 2.50 bits per heavy atom. The number of fused-ring (bicyclic) bond motifs is 1. The van der Waals surface area contributed by atoms with E-state index < -0.39 is 0 Å². The summed E-state index contributed by atoms with van der Waals surface area (Å²) in [6, 6.07) is 15.0. The zero-order valence-corrected chi connectivity index (χ0v) is 18.8. The van der Waals surface area contributed by atoms with Gasteiger partial charge < -0.3 is 15.4 Å². The van der Waals surface area contributed by atoms with Crippen molar-refractivity contribution in [3.8, 4) is 5.75 Å². The molecule has 2 aromatic heterocycles. The zero-order chi connectivity index (χ0) is 22.7. The maximum atomic E-state index is 13.3. The number of benzene rings is 2. The Bertz CT molecular complexity index is 1310. The van der Waals surface area contributed by atoms with Crippen LogP contribution in [0.1, 0.15) is 11.4 Å². The van der Waals surface area contributed by atoms with E-state index in [1.807, 2.05) is 56.6 Å². The van der Waals surface area contributed by atoms with Gasteiger partial charge >= 0.3 is 0 Å². The second-order valence-electron chi connectivity index (χ2n) is 7.24. The molecule has 2 N–H and O–H groups in total. The molecule has 0 aliphatic carbocycles. The number of nitrogens with zero attached hydrogens (tertiary/aromatic N) is 6. The number of rotatable bonds is 7. The van der Waals surface area contributed by atoms with Crippen molar-refractivity contribution < 1.29 is 4.74 Å². The van der Waals surface area contributed by atoms with Crippen LogP contribution in [-0.4, -0.2) is 45.7 Å². The molecule has 0 spiro atoms. The van der Waals surface area contributed by atoms with E-state index in [4.69, 9.17) is 15.5 Å². The van der Waals surface area contributed by atoms with Gasteiger partial charge in [0.15, 0.2) is 5.16 Å². The Hall–Kier alpha value is -3.66. The van der Waals surface area contributed by atoms with Crippen molar-refractivity contribution in [1.29, 1.82) is 0 Å². The molecule has 10 heteroatoms. The van der Waals surface area contributed by atoms with Crippen molar-refractivity contribution in [1.82, 2.24) is 24.5 Å². The molecule has 0 fully saturated rings. The fraction of sp³-hybridized carbons (Fsp3) is 0.227. The standard InChI is InChI=1S/C22H23N7O2S/c1-28(2)21-26-18(25-20(23)27-21)13-32-22-24-17-7-5-4-6-16(17)19(30)29(22)12-14-8-10-15(31-3)11-9-14/h4-11H,12-13H2,1-3H3,(H2,23,25,26,27). The Morgan fingerprint density at radius 2 is 1.78 bits per heavy atom. The monoisotopic (exact) mass is 449 g/mol. The summed E-state index contributed by atoms with van der Waals surface area (Å²) >= 11 is 1.39. The summed E-state index contributed by atoms with van der Waals surface area (Å²) in [6.07, 6.45) is 0. The van der Waals surface area contributed by atoms with Crippen LogP contribution in [0.15, 0.2) is 58.5 Å². The number of thioether (sulfide) groups is 1. The smallest absolute Gasteiger partial charge is 0.262 e. The molecule has 0 saturated heterocycles. The van der Waals surface area contributed by atoms with Crippen molar-refractivity contribution in [2.45, 2.75) is 17.5 Å². The summed E-state index contributed by atoms with van der Waals surface area (Å²) in [5.41, 5.74) is 7.35. The first-order valence-electron chi connectivity index (χ1n) is 9.87. The van der Waals surface area contributed by atoms with Crippen LogP contribution >= 0.6 is 11.8 Å². The molecule has 0 unspecified atom stereocenters. The van der Waals surface area contributed by atoms with Gasteiger partial charge in [-0.25, -0.2) is 4.98 Å². The lowest BCUT2D eigenvalue weighted by atomic mass is 10.2. The zero-order valence-electron chi connectivity index (χ0n) is 18.0. The molecule has 4 aromatic rings. The number of nitrogen functional groups attached to an aromatic ring is 1. The number of anilines is 2. The quantitative estimate of drug-likeness (QED) is 0.336. The molecule has 2 heterocycles. The summed E-state index contributed by atoms with van der Waals surface area (Å²) in [7, 11) is 5.29. The van der Waals surface area contributed by atoms with E-state index in [2.05, 4.69) is 15.0 Å². The third-order valence-electron chi connectivity index (χ3n) is 4.74. The van der Waals surface area contributed by atoms with Gasteiger partial charge in [-0.05, 0) is 29.8 Å². The lowest BCUT2D eigenvalue weighted by Crippen LogP contribution is -2.24. The van der Waals surface area contributed by atoms with E-state index in [1.165, 1.54) is 11.8 Å². The lowest BCUT2D eigenvalue weighted by Gasteiger charge is -2.14. The van der Waals surface area contributed by atoms with Crippen LogP contribution in [0, 0.1) is 0 Å². The molecule has 0 saturated carbocycles. The molecule has 32 heavy (non-hydrogen) atoms. The molecular formula is C22H23N7O2S. The number of para-hydroxylation sites is 1. The van der Waals surface area contributed by atoms with E-state index in [1.54, 1.807) is 22.6 Å². The fourth-order valence-corrected chi connectivity index (χ4v) is 3.98. The number of hydrogen-bond acceptors (Lipinski definition) is 9. The summed E-state index contributed by atoms with van der Waals surface area (Å²) in [5, 5.41) is 1.15. The highest BCUT2D eigenvalue weighted by Crippen LogP contribution is 2.23. The predicted molar refractivity (Wildman–Crippen MR) is 126 cm³/mol. The van der Waals surface area contributed by atoms with E-state index in [9.17, 15) is 4.79 Å². The van der Waals surface area contributed by atoms with Crippen molar-refractivity contribution in [2.75, 3.05) is 31.8 Å². The highest BCUT2D eigenvalue weighted by molar-refractivity contribution is 7.98. The molecule has 164 valence electrons. The van der Waals surface area contributed by atoms with Gasteiger partial charge in [-0.3, -0.25) is 9.36 Å². The Morgan fingerprint density at radius 1 is 1.03 bits per heavy atom. The second kappa shape index (κ2) is 9.23. The number of aromatic nitrogens is 5. The maximum Gasteiger partial charge on any atom is 0.262 e. The third kappa shape index (κ3) is 4.65. The minimum atomic E-state index is -0.0990. The van der Waals surface area contributed by atoms with Crippen LogP contribution in [0.25, 0.3) is 10.9 Å². The number of hydrogen-bond donors (Lipinski definition) is 1. The Kier molecular flexibility index (Phi) is 6.22. The number of ether oxygens (including phenoxy) is 1. The van der Waals surface area contributed by atoms with Gasteiger partial charge in [-0.2, -0.15) is 15.0 Å². The summed E-state index contributed by atoms with van der Waals surface area (Å²) in [5.74, 6) is 2.30. The Balaban J connectivity index is 1.71. The number of nitrogens with two attached hydrogens (primary N) is 1. The molecule has 0 radical (unpaired) electrons. The average molecular weight is 450 g/mol. The van der Waals surface area contributed by atoms with Crippen LogP contribution in [0.2, 0.25) is 0 Å². The highest BCUT2D eigenvalue weighted by atomic mass is 32.2. The predicted octanol–water partition coefficient (Wildman–Crippen LogP) is 2.58. The van der Waals surface area contributed by atoms with Crippen LogP contribution in [0.4, 0.5) is 11.9 Å². The molecule has 0 amide bonds. The van der Waals surface area contributed by atoms with Gasteiger partial charge in [0.25, 0.3) is 5.56 Å². The van der Waals surface area contributed by atoms with E-state index in [0.29, 0.717) is 40.1 Å². The minimum absolute atomic E-state index is 0.0990. The van der Waals surface area contributed by atoms with Crippen LogP contribution in [0.3, 0.4) is 0 Å². The van der Waals surface area contributed by atoms with Gasteiger partial charge in [0.2, 0.25) is 11.9 Å². The molecule has 2 aromatic carbocycles. The Labute approximate surface area is 189 Å². The van der Waals surface area contributed by atoms with Gasteiger partial charge in [0.1, 0.15) is 11.6 Å². The molecular weight excluding hydrogens is 426 g/mol. The van der Waals surface area contributed by atoms with Crippen molar-refractivity contribution in [2.24, 2.45) is 0 Å². The summed E-state index contributed by atoms with van der Waals surface area (Å²) in [6.45, 7) is 0.380. The molecule has 9 nitrogen and oxygen atoms in total. The molecule has 0 atom stereocenters. The highest BCUT2D eigenvalue weighted by Gasteiger charge is 2.14. The first kappa shape index (κ1) is 21.6. The van der Waals surface area contributed by atoms with Gasteiger partial charge in [0.05, 0.1) is 30.3 Å². The van der Waals surface area contributed by atoms with E-state index in [0.717, 1.165) is 11.3 Å². The van der Waals surface area contributed by atoms with Crippen LogP contribution in [-0.2, 0) is 12.3 Å².